The van der Waals surface area contributed by atoms with Crippen LogP contribution in [0.1, 0.15) is 52.4 Å². The molecule has 1 saturated heterocycles. The zero-order chi connectivity index (χ0) is 12.3. The van der Waals surface area contributed by atoms with Gasteiger partial charge in [-0.15, -0.1) is 0 Å². The number of aliphatic hydroxyl groups excluding tert-OH is 1. The average molecular weight is 241 g/mol. The average Bonchev–Trinajstić information content (AvgIpc) is 2.96. The Labute approximate surface area is 105 Å². The number of hydrogen-bond donors (Lipinski definition) is 2. The van der Waals surface area contributed by atoms with Crippen molar-refractivity contribution in [2.45, 2.75) is 70.1 Å². The van der Waals surface area contributed by atoms with E-state index in [2.05, 4.69) is 19.2 Å². The summed E-state index contributed by atoms with van der Waals surface area (Å²) >= 11 is 0. The fraction of sp³-hybridized carbons (Fsp3) is 1.00. The zero-order valence-corrected chi connectivity index (χ0v) is 11.2. The van der Waals surface area contributed by atoms with Gasteiger partial charge in [-0.3, -0.25) is 0 Å². The first-order valence-electron chi connectivity index (χ1n) is 7.17. The van der Waals surface area contributed by atoms with Crippen molar-refractivity contribution in [2.24, 2.45) is 5.92 Å². The molecule has 1 saturated carbocycles. The van der Waals surface area contributed by atoms with Gasteiger partial charge < -0.3 is 15.2 Å². The van der Waals surface area contributed by atoms with Gasteiger partial charge in [-0.05, 0) is 38.5 Å². The lowest BCUT2D eigenvalue weighted by molar-refractivity contribution is -0.0363. The SMILES string of the molecule is CC(CO)C(C)NCC1CCC2(CCCC2)O1. The first-order valence-corrected chi connectivity index (χ1v) is 7.17. The number of nitrogens with one attached hydrogen (secondary N) is 1. The van der Waals surface area contributed by atoms with Crippen LogP contribution in [-0.4, -0.2) is 36.0 Å². The van der Waals surface area contributed by atoms with Crippen LogP contribution in [0, 0.1) is 5.92 Å². The van der Waals surface area contributed by atoms with Gasteiger partial charge in [0.05, 0.1) is 11.7 Å². The largest absolute Gasteiger partial charge is 0.396 e. The van der Waals surface area contributed by atoms with Gasteiger partial charge in [0.25, 0.3) is 0 Å². The zero-order valence-electron chi connectivity index (χ0n) is 11.2. The van der Waals surface area contributed by atoms with E-state index in [9.17, 15) is 0 Å². The summed E-state index contributed by atoms with van der Waals surface area (Å²) in [5, 5.41) is 12.6. The topological polar surface area (TPSA) is 41.5 Å². The Kier molecular flexibility index (Phi) is 4.45. The highest BCUT2D eigenvalue weighted by atomic mass is 16.5. The molecule has 17 heavy (non-hydrogen) atoms. The van der Waals surface area contributed by atoms with E-state index in [1.165, 1.54) is 38.5 Å². The molecule has 0 aromatic heterocycles. The summed E-state index contributed by atoms with van der Waals surface area (Å²) in [4.78, 5) is 0. The monoisotopic (exact) mass is 241 g/mol. The van der Waals surface area contributed by atoms with Crippen LogP contribution in [0.5, 0.6) is 0 Å². The van der Waals surface area contributed by atoms with E-state index in [-0.39, 0.29) is 12.2 Å². The first-order chi connectivity index (χ1) is 8.15. The van der Waals surface area contributed by atoms with Crippen molar-refractivity contribution in [3.8, 4) is 0 Å². The molecular weight excluding hydrogens is 214 g/mol. The smallest absolute Gasteiger partial charge is 0.0708 e. The molecule has 1 spiro atoms. The van der Waals surface area contributed by atoms with Crippen molar-refractivity contribution in [1.29, 1.82) is 0 Å². The second-order valence-electron chi connectivity index (χ2n) is 6.03. The predicted octanol–water partition coefficient (Wildman–Crippen LogP) is 2.08. The van der Waals surface area contributed by atoms with Gasteiger partial charge in [-0.1, -0.05) is 19.8 Å². The summed E-state index contributed by atoms with van der Waals surface area (Å²) in [5.74, 6) is 0.317. The molecule has 3 heteroatoms. The Morgan fingerprint density at radius 1 is 1.29 bits per heavy atom. The van der Waals surface area contributed by atoms with E-state index < -0.39 is 0 Å². The first kappa shape index (κ1) is 13.3. The molecule has 100 valence electrons. The molecule has 0 aromatic carbocycles. The molecule has 3 nitrogen and oxygen atoms in total. The van der Waals surface area contributed by atoms with Gasteiger partial charge in [-0.2, -0.15) is 0 Å². The van der Waals surface area contributed by atoms with Crippen molar-refractivity contribution in [1.82, 2.24) is 5.32 Å². The molecule has 0 bridgehead atoms. The Hall–Kier alpha value is -0.120. The van der Waals surface area contributed by atoms with Crippen molar-refractivity contribution in [3.63, 3.8) is 0 Å². The van der Waals surface area contributed by atoms with Gasteiger partial charge >= 0.3 is 0 Å². The van der Waals surface area contributed by atoms with Gasteiger partial charge in [0, 0.05) is 19.2 Å². The summed E-state index contributed by atoms with van der Waals surface area (Å²) in [6, 6.07) is 0.365. The molecule has 2 aliphatic rings. The molecular formula is C14H27NO2. The lowest BCUT2D eigenvalue weighted by Crippen LogP contribution is -2.39. The van der Waals surface area contributed by atoms with Crippen LogP contribution in [0.3, 0.4) is 0 Å². The third-order valence-corrected chi connectivity index (χ3v) is 4.66. The molecule has 2 rings (SSSR count). The van der Waals surface area contributed by atoms with E-state index in [0.29, 0.717) is 18.1 Å². The lowest BCUT2D eigenvalue weighted by Gasteiger charge is -2.25. The summed E-state index contributed by atoms with van der Waals surface area (Å²) < 4.78 is 6.25. The molecule has 2 N–H and O–H groups in total. The number of hydrogen-bond acceptors (Lipinski definition) is 3. The van der Waals surface area contributed by atoms with Crippen molar-refractivity contribution in [2.75, 3.05) is 13.2 Å². The molecule has 1 aliphatic heterocycles. The van der Waals surface area contributed by atoms with Gasteiger partial charge in [0.2, 0.25) is 0 Å². The van der Waals surface area contributed by atoms with Gasteiger partial charge in [0.15, 0.2) is 0 Å². The van der Waals surface area contributed by atoms with Crippen LogP contribution in [-0.2, 0) is 4.74 Å². The third kappa shape index (κ3) is 3.21. The van der Waals surface area contributed by atoms with Crippen LogP contribution < -0.4 is 5.32 Å². The number of rotatable bonds is 5. The van der Waals surface area contributed by atoms with Gasteiger partial charge in [0.1, 0.15) is 0 Å². The van der Waals surface area contributed by atoms with Gasteiger partial charge in [-0.25, -0.2) is 0 Å². The van der Waals surface area contributed by atoms with Crippen LogP contribution >= 0.6 is 0 Å². The molecule has 3 atom stereocenters. The van der Waals surface area contributed by atoms with Crippen molar-refractivity contribution in [3.05, 3.63) is 0 Å². The van der Waals surface area contributed by atoms with Crippen LogP contribution in [0.25, 0.3) is 0 Å². The highest BCUT2D eigenvalue weighted by Gasteiger charge is 2.41. The van der Waals surface area contributed by atoms with Crippen LogP contribution in [0.2, 0.25) is 0 Å². The quantitative estimate of drug-likeness (QED) is 0.774. The molecule has 0 radical (unpaired) electrons. The molecule has 3 unspecified atom stereocenters. The third-order valence-electron chi connectivity index (χ3n) is 4.66. The Morgan fingerprint density at radius 3 is 2.65 bits per heavy atom. The lowest BCUT2D eigenvalue weighted by atomic mass is 9.98. The minimum absolute atomic E-state index is 0.248. The highest BCUT2D eigenvalue weighted by Crippen LogP contribution is 2.43. The van der Waals surface area contributed by atoms with E-state index in [1.54, 1.807) is 0 Å². The summed E-state index contributed by atoms with van der Waals surface area (Å²) in [6.45, 7) is 5.41. The maximum atomic E-state index is 9.09. The van der Waals surface area contributed by atoms with Crippen molar-refractivity contribution >= 4 is 0 Å². The van der Waals surface area contributed by atoms with Crippen molar-refractivity contribution < 1.29 is 9.84 Å². The Morgan fingerprint density at radius 2 is 2.00 bits per heavy atom. The highest BCUT2D eigenvalue weighted by molar-refractivity contribution is 4.93. The maximum absolute atomic E-state index is 9.09. The number of ether oxygens (including phenoxy) is 1. The van der Waals surface area contributed by atoms with E-state index in [0.717, 1.165) is 6.54 Å². The molecule has 1 heterocycles. The molecule has 0 aromatic rings. The second-order valence-corrected chi connectivity index (χ2v) is 6.03. The minimum atomic E-state index is 0.248. The summed E-state index contributed by atoms with van der Waals surface area (Å²) in [7, 11) is 0. The normalized spacial score (nSPS) is 30.9. The fourth-order valence-corrected chi connectivity index (χ4v) is 3.10. The summed E-state index contributed by atoms with van der Waals surface area (Å²) in [5.41, 5.74) is 0.248. The Bertz CT molecular complexity index is 238. The molecule has 1 aliphatic carbocycles. The fourth-order valence-electron chi connectivity index (χ4n) is 3.10. The number of aliphatic hydroxyl groups is 1. The minimum Gasteiger partial charge on any atom is -0.396 e. The Balaban J connectivity index is 1.71. The predicted molar refractivity (Wildman–Crippen MR) is 69.0 cm³/mol. The van der Waals surface area contributed by atoms with E-state index >= 15 is 0 Å². The van der Waals surface area contributed by atoms with E-state index in [4.69, 9.17) is 9.84 Å². The molecule has 2 fully saturated rings. The standard InChI is InChI=1S/C14H27NO2/c1-11(10-16)12(2)15-9-13-5-8-14(17-13)6-3-4-7-14/h11-13,15-16H,3-10H2,1-2H3. The van der Waals surface area contributed by atoms with Crippen LogP contribution in [0.4, 0.5) is 0 Å². The van der Waals surface area contributed by atoms with E-state index in [1.807, 2.05) is 0 Å². The van der Waals surface area contributed by atoms with Crippen LogP contribution in [0.15, 0.2) is 0 Å². The molecule has 0 amide bonds. The summed E-state index contributed by atoms with van der Waals surface area (Å²) in [6.07, 6.45) is 8.08. The maximum Gasteiger partial charge on any atom is 0.0708 e. The second kappa shape index (κ2) is 5.68.